The Labute approximate surface area is 167 Å². The van der Waals surface area contributed by atoms with E-state index in [-0.39, 0.29) is 25.4 Å². The molecule has 8 nitrogen and oxygen atoms in total. The van der Waals surface area contributed by atoms with E-state index in [4.69, 9.17) is 16.3 Å². The summed E-state index contributed by atoms with van der Waals surface area (Å²) in [6.07, 6.45) is 0.0349. The molecule has 1 aromatic rings. The summed E-state index contributed by atoms with van der Waals surface area (Å²) in [5, 5.41) is 10.8. The Morgan fingerprint density at radius 2 is 1.96 bits per heavy atom. The Morgan fingerprint density at radius 3 is 2.57 bits per heavy atom. The van der Waals surface area contributed by atoms with Crippen LogP contribution in [0.1, 0.15) is 31.7 Å². The van der Waals surface area contributed by atoms with Gasteiger partial charge >= 0.3 is 12.1 Å². The lowest BCUT2D eigenvalue weighted by Gasteiger charge is -2.37. The second-order valence-electron chi connectivity index (χ2n) is 6.64. The zero-order valence-corrected chi connectivity index (χ0v) is 16.2. The van der Waals surface area contributed by atoms with Gasteiger partial charge in [-0.3, -0.25) is 14.5 Å². The molecule has 1 heterocycles. The molecule has 1 saturated heterocycles. The number of nitrogens with one attached hydrogen (secondary N) is 1. The molecule has 1 aromatic carbocycles. The lowest BCUT2D eigenvalue weighted by molar-refractivity contribution is -0.144. The van der Waals surface area contributed by atoms with Gasteiger partial charge in [-0.15, -0.1) is 11.6 Å². The molecule has 1 aliphatic rings. The van der Waals surface area contributed by atoms with Gasteiger partial charge in [0.05, 0.1) is 5.38 Å². The molecular formula is C19H23ClN2O6. The summed E-state index contributed by atoms with van der Waals surface area (Å²) in [6, 6.07) is 6.63. The number of aliphatic carboxylic acids is 1. The van der Waals surface area contributed by atoms with E-state index < -0.39 is 35.4 Å². The lowest BCUT2D eigenvalue weighted by atomic mass is 10.0. The number of ether oxygens (including phenoxy) is 1. The molecule has 0 spiro atoms. The third-order valence-electron chi connectivity index (χ3n) is 4.37. The average molecular weight is 411 g/mol. The first kappa shape index (κ1) is 21.7. The van der Waals surface area contributed by atoms with E-state index in [1.165, 1.54) is 11.8 Å². The number of hydrogen-bond donors (Lipinski definition) is 2. The quantitative estimate of drug-likeness (QED) is 0.664. The van der Waals surface area contributed by atoms with Crippen molar-refractivity contribution in [1.82, 2.24) is 10.2 Å². The number of likely N-dealkylation sites (tertiary alicyclic amines) is 1. The Bertz CT molecular complexity index is 726. The Kier molecular flexibility index (Phi) is 7.80. The molecule has 0 saturated carbocycles. The minimum absolute atomic E-state index is 0.0412. The van der Waals surface area contributed by atoms with Crippen LogP contribution in [0.2, 0.25) is 0 Å². The first-order chi connectivity index (χ1) is 13.3. The molecule has 2 rings (SSSR count). The highest BCUT2D eigenvalue weighted by Gasteiger charge is 2.40. The highest BCUT2D eigenvalue weighted by molar-refractivity contribution is 6.23. The molecule has 152 valence electrons. The Morgan fingerprint density at radius 1 is 1.29 bits per heavy atom. The number of nitrogens with zero attached hydrogens (tertiary/aromatic N) is 1. The smallest absolute Gasteiger partial charge is 0.410 e. The van der Waals surface area contributed by atoms with Crippen LogP contribution in [0.5, 0.6) is 0 Å². The molecule has 0 aromatic heterocycles. The van der Waals surface area contributed by atoms with Crippen LogP contribution in [-0.4, -0.2) is 57.8 Å². The summed E-state index contributed by atoms with van der Waals surface area (Å²) in [7, 11) is 0. The number of amides is 2. The second kappa shape index (κ2) is 10.1. The molecule has 0 radical (unpaired) electrons. The van der Waals surface area contributed by atoms with Gasteiger partial charge in [-0.1, -0.05) is 30.3 Å². The van der Waals surface area contributed by atoms with Crippen molar-refractivity contribution in [3.8, 4) is 0 Å². The number of hydrogen-bond acceptors (Lipinski definition) is 5. The maximum atomic E-state index is 12.7. The zero-order valence-electron chi connectivity index (χ0n) is 15.5. The van der Waals surface area contributed by atoms with Crippen LogP contribution in [-0.2, 0) is 25.7 Å². The predicted molar refractivity (Wildman–Crippen MR) is 101 cm³/mol. The van der Waals surface area contributed by atoms with Crippen molar-refractivity contribution in [3.63, 3.8) is 0 Å². The number of carboxylic acids is 1. The van der Waals surface area contributed by atoms with Crippen LogP contribution >= 0.6 is 11.6 Å². The van der Waals surface area contributed by atoms with E-state index in [0.29, 0.717) is 12.8 Å². The van der Waals surface area contributed by atoms with Crippen LogP contribution in [0.25, 0.3) is 0 Å². The maximum Gasteiger partial charge on any atom is 0.410 e. The lowest BCUT2D eigenvalue weighted by Crippen LogP contribution is -2.59. The van der Waals surface area contributed by atoms with Crippen molar-refractivity contribution in [2.24, 2.45) is 0 Å². The molecule has 9 heteroatoms. The minimum atomic E-state index is -1.38. The first-order valence-corrected chi connectivity index (χ1v) is 9.37. The number of carbonyl (C=O) groups is 4. The second-order valence-corrected chi connectivity index (χ2v) is 7.20. The van der Waals surface area contributed by atoms with Crippen LogP contribution in [0.15, 0.2) is 30.3 Å². The summed E-state index contributed by atoms with van der Waals surface area (Å²) >= 11 is 6.28. The number of alkyl halides is 1. The molecule has 0 aliphatic carbocycles. The fourth-order valence-corrected chi connectivity index (χ4v) is 3.41. The van der Waals surface area contributed by atoms with Crippen molar-refractivity contribution in [2.75, 3.05) is 6.54 Å². The zero-order chi connectivity index (χ0) is 20.7. The van der Waals surface area contributed by atoms with Crippen LogP contribution < -0.4 is 5.32 Å². The van der Waals surface area contributed by atoms with Gasteiger partial charge in [-0.05, 0) is 25.3 Å². The number of halogens is 1. The van der Waals surface area contributed by atoms with Gasteiger partial charge in [0.25, 0.3) is 0 Å². The largest absolute Gasteiger partial charge is 0.480 e. The summed E-state index contributed by atoms with van der Waals surface area (Å²) in [4.78, 5) is 49.0. The average Bonchev–Trinajstić information content (AvgIpc) is 2.65. The summed E-state index contributed by atoms with van der Waals surface area (Å²) in [5.74, 6) is -2.42. The van der Waals surface area contributed by atoms with Gasteiger partial charge in [0.2, 0.25) is 5.91 Å². The molecule has 3 atom stereocenters. The highest BCUT2D eigenvalue weighted by atomic mass is 35.5. The first-order valence-electron chi connectivity index (χ1n) is 8.93. The number of benzene rings is 1. The van der Waals surface area contributed by atoms with E-state index in [2.05, 4.69) is 5.32 Å². The molecule has 28 heavy (non-hydrogen) atoms. The van der Waals surface area contributed by atoms with Gasteiger partial charge in [0.15, 0.2) is 0 Å². The van der Waals surface area contributed by atoms with Crippen molar-refractivity contribution in [1.29, 1.82) is 0 Å². The number of Topliss-reactive ketones (excluding diaryl/α,β-unsaturated/α-hetero) is 1. The number of piperidine rings is 1. The topological polar surface area (TPSA) is 113 Å². The van der Waals surface area contributed by atoms with E-state index in [1.54, 1.807) is 12.1 Å². The molecule has 1 aliphatic heterocycles. The molecule has 1 fully saturated rings. The fourth-order valence-electron chi connectivity index (χ4n) is 3.01. The summed E-state index contributed by atoms with van der Waals surface area (Å²) in [5.41, 5.74) is 0.795. The Balaban J connectivity index is 2.07. The number of rotatable bonds is 7. The Hall–Kier alpha value is -2.61. The van der Waals surface area contributed by atoms with Crippen molar-refractivity contribution < 1.29 is 29.0 Å². The van der Waals surface area contributed by atoms with Crippen LogP contribution in [0.4, 0.5) is 4.79 Å². The minimum Gasteiger partial charge on any atom is -0.480 e. The van der Waals surface area contributed by atoms with Gasteiger partial charge < -0.3 is 15.2 Å². The highest BCUT2D eigenvalue weighted by Crippen LogP contribution is 2.24. The predicted octanol–water partition coefficient (Wildman–Crippen LogP) is 1.94. The van der Waals surface area contributed by atoms with E-state index in [0.717, 1.165) is 5.56 Å². The SMILES string of the molecule is CC(=O)CC(NC(=O)C1C(Cl)CCCN1C(=O)OCc1ccccc1)C(=O)O. The molecular weight excluding hydrogens is 388 g/mol. The van der Waals surface area contributed by atoms with Crippen molar-refractivity contribution in [3.05, 3.63) is 35.9 Å². The van der Waals surface area contributed by atoms with E-state index in [9.17, 15) is 24.3 Å². The maximum absolute atomic E-state index is 12.7. The molecule has 2 N–H and O–H groups in total. The summed E-state index contributed by atoms with van der Waals surface area (Å²) in [6.45, 7) is 1.54. The monoisotopic (exact) mass is 410 g/mol. The van der Waals surface area contributed by atoms with E-state index >= 15 is 0 Å². The number of carboxylic acid groups (broad SMARTS) is 1. The number of ketones is 1. The van der Waals surface area contributed by atoms with Crippen molar-refractivity contribution >= 4 is 35.4 Å². The molecule has 3 unspecified atom stereocenters. The van der Waals surface area contributed by atoms with E-state index in [1.807, 2.05) is 18.2 Å². The summed E-state index contributed by atoms with van der Waals surface area (Å²) < 4.78 is 5.29. The van der Waals surface area contributed by atoms with Gasteiger partial charge in [0, 0.05) is 13.0 Å². The van der Waals surface area contributed by atoms with Gasteiger partial charge in [-0.2, -0.15) is 0 Å². The normalized spacial score (nSPS) is 20.1. The molecule has 2 amide bonds. The van der Waals surface area contributed by atoms with Crippen LogP contribution in [0.3, 0.4) is 0 Å². The van der Waals surface area contributed by atoms with Crippen LogP contribution in [0, 0.1) is 0 Å². The third-order valence-corrected chi connectivity index (χ3v) is 4.83. The van der Waals surface area contributed by atoms with Crippen molar-refractivity contribution in [2.45, 2.75) is 50.3 Å². The van der Waals surface area contributed by atoms with Gasteiger partial charge in [0.1, 0.15) is 24.5 Å². The van der Waals surface area contributed by atoms with Gasteiger partial charge in [-0.25, -0.2) is 9.59 Å². The number of carbonyl (C=O) groups excluding carboxylic acids is 3. The molecule has 0 bridgehead atoms. The third kappa shape index (κ3) is 5.95. The fraction of sp³-hybridized carbons (Fsp3) is 0.474. The standard InChI is InChI=1S/C19H23ClN2O6/c1-12(23)10-15(18(25)26)21-17(24)16-14(20)8-5-9-22(16)19(27)28-11-13-6-3-2-4-7-13/h2-4,6-7,14-16H,5,8-11H2,1H3,(H,21,24)(H,25,26).